The number of rotatable bonds is 6. The van der Waals surface area contributed by atoms with Gasteiger partial charge in [0.2, 0.25) is 0 Å². The number of aromatic hydroxyl groups is 1. The van der Waals surface area contributed by atoms with Gasteiger partial charge in [0.05, 0.1) is 15.6 Å². The molecule has 0 amide bonds. The Labute approximate surface area is 220 Å². The van der Waals surface area contributed by atoms with Crippen molar-refractivity contribution < 1.29 is 17.9 Å². The molecule has 2 N–H and O–H groups in total. The maximum absolute atomic E-state index is 13.2. The zero-order valence-electron chi connectivity index (χ0n) is 19.6. The fraction of sp³-hybridized carbons (Fsp3) is 0.370. The maximum atomic E-state index is 13.2. The van der Waals surface area contributed by atoms with Crippen molar-refractivity contribution in [3.05, 3.63) is 85.4 Å². The molecule has 1 saturated carbocycles. The second kappa shape index (κ2) is 10.1. The first-order valence-corrected chi connectivity index (χ1v) is 14.4. The highest BCUT2D eigenvalue weighted by Gasteiger charge is 2.38. The number of benzene rings is 2. The van der Waals surface area contributed by atoms with E-state index in [2.05, 4.69) is 4.72 Å². The normalized spacial score (nSPS) is 17.1. The summed E-state index contributed by atoms with van der Waals surface area (Å²) in [5.74, 6) is 0.406. The Kier molecular flexibility index (Phi) is 7.07. The third-order valence-corrected chi connectivity index (χ3v) is 9.36. The number of aryl methyl sites for hydroxylation is 1. The molecule has 5 rings (SSSR count). The number of fused-ring (bicyclic) bond motifs is 1. The molecule has 1 aromatic heterocycles. The molecule has 3 aromatic rings. The molecule has 2 aromatic carbocycles. The predicted octanol–water partition coefficient (Wildman–Crippen LogP) is 6.65. The van der Waals surface area contributed by atoms with Crippen LogP contribution in [0, 0.1) is 5.92 Å². The van der Waals surface area contributed by atoms with Crippen LogP contribution in [-0.4, -0.2) is 13.5 Å². The lowest BCUT2D eigenvalue weighted by molar-refractivity contribution is 0.382. The van der Waals surface area contributed by atoms with Crippen LogP contribution in [0.4, 0.5) is 5.69 Å². The van der Waals surface area contributed by atoms with Gasteiger partial charge in [-0.25, -0.2) is 13.2 Å². The van der Waals surface area contributed by atoms with Crippen molar-refractivity contribution in [2.24, 2.45) is 5.92 Å². The quantitative estimate of drug-likeness (QED) is 0.359. The molecular formula is C27H27Cl2NO5S. The van der Waals surface area contributed by atoms with Crippen molar-refractivity contribution in [1.82, 2.24) is 0 Å². The van der Waals surface area contributed by atoms with Gasteiger partial charge in [-0.15, -0.1) is 0 Å². The number of halogens is 2. The minimum atomic E-state index is -4.01. The molecule has 1 unspecified atom stereocenters. The average molecular weight is 548 g/mol. The molecule has 1 fully saturated rings. The topological polar surface area (TPSA) is 96.6 Å². The van der Waals surface area contributed by atoms with Crippen LogP contribution in [0.3, 0.4) is 0 Å². The van der Waals surface area contributed by atoms with Gasteiger partial charge in [-0.3, -0.25) is 4.72 Å². The van der Waals surface area contributed by atoms with Crippen LogP contribution in [0.15, 0.2) is 56.6 Å². The molecule has 0 aliphatic heterocycles. The van der Waals surface area contributed by atoms with Gasteiger partial charge in [0.25, 0.3) is 10.0 Å². The van der Waals surface area contributed by atoms with E-state index in [4.69, 9.17) is 27.6 Å². The molecule has 1 atom stereocenters. The first-order valence-electron chi connectivity index (χ1n) is 12.2. The number of hydrogen-bond donors (Lipinski definition) is 2. The zero-order chi connectivity index (χ0) is 25.4. The van der Waals surface area contributed by atoms with Gasteiger partial charge in [0, 0.05) is 23.6 Å². The van der Waals surface area contributed by atoms with Crippen molar-refractivity contribution in [3.8, 4) is 5.75 Å². The molecule has 0 spiro atoms. The van der Waals surface area contributed by atoms with E-state index in [1.807, 2.05) is 6.07 Å². The summed E-state index contributed by atoms with van der Waals surface area (Å²) >= 11 is 12.2. The highest BCUT2D eigenvalue weighted by Crippen LogP contribution is 2.49. The van der Waals surface area contributed by atoms with E-state index in [1.54, 1.807) is 18.2 Å². The Morgan fingerprint density at radius 2 is 1.72 bits per heavy atom. The van der Waals surface area contributed by atoms with E-state index < -0.39 is 21.6 Å². The molecular weight excluding hydrogens is 521 g/mol. The van der Waals surface area contributed by atoms with E-state index in [-0.39, 0.29) is 32.2 Å². The van der Waals surface area contributed by atoms with E-state index in [1.165, 1.54) is 18.2 Å². The fourth-order valence-corrected chi connectivity index (χ4v) is 6.91. The lowest BCUT2D eigenvalue weighted by Gasteiger charge is -2.22. The average Bonchev–Trinajstić information content (AvgIpc) is 3.64. The monoisotopic (exact) mass is 547 g/mol. The lowest BCUT2D eigenvalue weighted by Crippen LogP contribution is -2.19. The van der Waals surface area contributed by atoms with Gasteiger partial charge in [0.15, 0.2) is 0 Å². The van der Waals surface area contributed by atoms with Crippen LogP contribution in [-0.2, 0) is 22.9 Å². The second-order valence-electron chi connectivity index (χ2n) is 9.57. The Hall–Kier alpha value is -2.48. The van der Waals surface area contributed by atoms with E-state index in [0.717, 1.165) is 49.7 Å². The van der Waals surface area contributed by atoms with Gasteiger partial charge in [0.1, 0.15) is 16.4 Å². The first-order chi connectivity index (χ1) is 17.3. The van der Waals surface area contributed by atoms with Crippen LogP contribution in [0.5, 0.6) is 5.75 Å². The third kappa shape index (κ3) is 5.01. The Bertz CT molecular complexity index is 1460. The minimum Gasteiger partial charge on any atom is -0.507 e. The lowest BCUT2D eigenvalue weighted by atomic mass is 9.85. The Balaban J connectivity index is 1.53. The molecule has 0 bridgehead atoms. The van der Waals surface area contributed by atoms with Gasteiger partial charge in [-0.1, -0.05) is 54.2 Å². The van der Waals surface area contributed by atoms with Gasteiger partial charge < -0.3 is 9.52 Å². The number of anilines is 1. The minimum absolute atomic E-state index is 0.0387. The predicted molar refractivity (Wildman–Crippen MR) is 141 cm³/mol. The smallest absolute Gasteiger partial charge is 0.343 e. The van der Waals surface area contributed by atoms with Crippen LogP contribution in [0.2, 0.25) is 10.0 Å². The highest BCUT2D eigenvalue weighted by atomic mass is 35.5. The summed E-state index contributed by atoms with van der Waals surface area (Å²) in [4.78, 5) is 13.0. The van der Waals surface area contributed by atoms with Crippen molar-refractivity contribution >= 4 is 38.9 Å². The molecule has 6 nitrogen and oxygen atoms in total. The third-order valence-electron chi connectivity index (χ3n) is 7.00. The SMILES string of the molecule is O=c1oc2c(c(O)c1C(c1cccc(NS(=O)(=O)c3cccc(Cl)c3Cl)c1)C1CC1)CCCCCC2. The number of sulfonamides is 1. The molecule has 0 saturated heterocycles. The molecule has 1 heterocycles. The van der Waals surface area contributed by atoms with Gasteiger partial charge in [-0.2, -0.15) is 0 Å². The zero-order valence-corrected chi connectivity index (χ0v) is 21.9. The van der Waals surface area contributed by atoms with E-state index >= 15 is 0 Å². The molecule has 2 aliphatic carbocycles. The molecule has 190 valence electrons. The van der Waals surface area contributed by atoms with Gasteiger partial charge >= 0.3 is 5.63 Å². The summed E-state index contributed by atoms with van der Waals surface area (Å²) in [6.07, 6.45) is 7.18. The molecule has 2 aliphatic rings. The molecule has 0 radical (unpaired) electrons. The van der Waals surface area contributed by atoms with Crippen LogP contribution >= 0.6 is 23.2 Å². The molecule has 9 heteroatoms. The summed E-state index contributed by atoms with van der Waals surface area (Å²) in [5.41, 5.74) is 1.56. The van der Waals surface area contributed by atoms with E-state index in [9.17, 15) is 18.3 Å². The standard InChI is InChI=1S/C27H27Cl2NO5S/c28-20-10-6-12-22(25(20)29)36(33,34)30-18-8-5-7-17(15-18)23(16-13-14-16)24-26(31)19-9-3-1-2-4-11-21(19)35-27(24)32/h5-8,10,12,15-16,23,30-31H,1-4,9,11,13-14H2. The Morgan fingerprint density at radius 3 is 2.47 bits per heavy atom. The maximum Gasteiger partial charge on any atom is 0.343 e. The van der Waals surface area contributed by atoms with Crippen LogP contribution in [0.1, 0.15) is 66.9 Å². The van der Waals surface area contributed by atoms with Crippen LogP contribution in [0.25, 0.3) is 0 Å². The Morgan fingerprint density at radius 1 is 1.00 bits per heavy atom. The van der Waals surface area contributed by atoms with Crippen molar-refractivity contribution in [3.63, 3.8) is 0 Å². The van der Waals surface area contributed by atoms with Gasteiger partial charge in [-0.05, 0) is 67.9 Å². The number of hydrogen-bond acceptors (Lipinski definition) is 5. The molecule has 36 heavy (non-hydrogen) atoms. The summed E-state index contributed by atoms with van der Waals surface area (Å²) < 4.78 is 34.4. The summed E-state index contributed by atoms with van der Waals surface area (Å²) in [5, 5.41) is 11.4. The summed E-state index contributed by atoms with van der Waals surface area (Å²) in [6, 6.07) is 11.3. The highest BCUT2D eigenvalue weighted by molar-refractivity contribution is 7.92. The van der Waals surface area contributed by atoms with Crippen LogP contribution < -0.4 is 10.3 Å². The van der Waals surface area contributed by atoms with E-state index in [0.29, 0.717) is 24.3 Å². The second-order valence-corrected chi connectivity index (χ2v) is 12.0. The van der Waals surface area contributed by atoms with Crippen molar-refractivity contribution in [2.75, 3.05) is 4.72 Å². The van der Waals surface area contributed by atoms with Crippen molar-refractivity contribution in [1.29, 1.82) is 0 Å². The fourth-order valence-electron chi connectivity index (χ4n) is 5.10. The summed E-state index contributed by atoms with van der Waals surface area (Å²) in [7, 11) is -4.01. The largest absolute Gasteiger partial charge is 0.507 e. The first kappa shape index (κ1) is 25.2. The number of nitrogens with one attached hydrogen (secondary N) is 1. The summed E-state index contributed by atoms with van der Waals surface area (Å²) in [6.45, 7) is 0. The van der Waals surface area contributed by atoms with Crippen molar-refractivity contribution in [2.45, 2.75) is 62.2 Å².